The minimum absolute atomic E-state index is 0.468. The van der Waals surface area contributed by atoms with Crippen LogP contribution in [0.15, 0.2) is 11.6 Å². The molecule has 0 saturated carbocycles. The minimum atomic E-state index is -1.09. The van der Waals surface area contributed by atoms with E-state index in [4.69, 9.17) is 10.5 Å². The van der Waals surface area contributed by atoms with Gasteiger partial charge in [0.15, 0.2) is 0 Å². The van der Waals surface area contributed by atoms with Crippen LogP contribution in [0.3, 0.4) is 0 Å². The highest BCUT2D eigenvalue weighted by Crippen LogP contribution is 1.88. The third-order valence-corrected chi connectivity index (χ3v) is 1.32. The van der Waals surface area contributed by atoms with Crippen LogP contribution in [0.2, 0.25) is 0 Å². The molecule has 1 unspecified atom stereocenters. The lowest BCUT2D eigenvalue weighted by molar-refractivity contribution is -0.140. The van der Waals surface area contributed by atoms with Crippen molar-refractivity contribution in [2.45, 2.75) is 19.9 Å². The second-order valence-corrected chi connectivity index (χ2v) is 2.60. The van der Waals surface area contributed by atoms with Gasteiger partial charge in [0.05, 0.1) is 0 Å². The van der Waals surface area contributed by atoms with Crippen LogP contribution < -0.4 is 5.32 Å². The van der Waals surface area contributed by atoms with E-state index in [0.29, 0.717) is 5.57 Å². The molecule has 5 heteroatoms. The van der Waals surface area contributed by atoms with E-state index in [1.807, 2.05) is 0 Å². The summed E-state index contributed by atoms with van der Waals surface area (Å²) in [6, 6.07) is -0.915. The molecule has 0 aromatic heterocycles. The Morgan fingerprint density at radius 3 is 2.46 bits per heavy atom. The number of amides is 1. The summed E-state index contributed by atoms with van der Waals surface area (Å²) in [5.41, 5.74) is 0.468. The Morgan fingerprint density at radius 2 is 2.08 bits per heavy atom. The molecular formula is C8H12N2O3. The SMILES string of the molecule is C/C(C=N)=C/C(=O)NC(C)C(=O)O. The zero-order chi connectivity index (χ0) is 10.4. The fraction of sp³-hybridized carbons (Fsp3) is 0.375. The summed E-state index contributed by atoms with van der Waals surface area (Å²) in [4.78, 5) is 21.3. The Hall–Kier alpha value is -1.65. The van der Waals surface area contributed by atoms with Gasteiger partial charge < -0.3 is 15.8 Å². The van der Waals surface area contributed by atoms with Crippen LogP contribution >= 0.6 is 0 Å². The standard InChI is InChI=1S/C8H12N2O3/c1-5(4-9)3-7(11)10-6(2)8(12)13/h3-4,6,9H,1-2H3,(H,10,11)(H,12,13)/b5-3-,9-4?. The van der Waals surface area contributed by atoms with Crippen molar-refractivity contribution in [3.63, 3.8) is 0 Å². The lowest BCUT2D eigenvalue weighted by Gasteiger charge is -2.06. The van der Waals surface area contributed by atoms with Crippen molar-refractivity contribution in [2.24, 2.45) is 0 Å². The number of allylic oxidation sites excluding steroid dienone is 1. The number of nitrogens with one attached hydrogen (secondary N) is 2. The fourth-order valence-electron chi connectivity index (χ4n) is 0.565. The molecule has 0 aliphatic carbocycles. The number of aliphatic carboxylic acids is 1. The Balaban J connectivity index is 4.16. The average molecular weight is 184 g/mol. The van der Waals surface area contributed by atoms with Gasteiger partial charge in [0.1, 0.15) is 6.04 Å². The van der Waals surface area contributed by atoms with Gasteiger partial charge in [-0.2, -0.15) is 0 Å². The normalized spacial score (nSPS) is 13.2. The van der Waals surface area contributed by atoms with Gasteiger partial charge in [-0.15, -0.1) is 0 Å². The number of hydrogen-bond acceptors (Lipinski definition) is 3. The first-order chi connectivity index (χ1) is 5.97. The van der Waals surface area contributed by atoms with Gasteiger partial charge >= 0.3 is 5.97 Å². The molecule has 0 bridgehead atoms. The molecule has 0 spiro atoms. The largest absolute Gasteiger partial charge is 0.480 e. The van der Waals surface area contributed by atoms with Crippen molar-refractivity contribution in [3.05, 3.63) is 11.6 Å². The highest BCUT2D eigenvalue weighted by Gasteiger charge is 2.11. The predicted octanol–water partition coefficient (Wildman–Crippen LogP) is 0.172. The van der Waals surface area contributed by atoms with E-state index < -0.39 is 17.9 Å². The van der Waals surface area contributed by atoms with E-state index in [9.17, 15) is 9.59 Å². The Kier molecular flexibility index (Phi) is 4.43. The number of carboxylic acids is 1. The monoisotopic (exact) mass is 184 g/mol. The van der Waals surface area contributed by atoms with Crippen molar-refractivity contribution in [1.29, 1.82) is 5.41 Å². The summed E-state index contributed by atoms with van der Waals surface area (Å²) < 4.78 is 0. The van der Waals surface area contributed by atoms with Crippen LogP contribution in [-0.2, 0) is 9.59 Å². The molecule has 0 rings (SSSR count). The molecule has 0 aliphatic rings. The van der Waals surface area contributed by atoms with Crippen LogP contribution in [-0.4, -0.2) is 29.2 Å². The van der Waals surface area contributed by atoms with Crippen LogP contribution in [0.4, 0.5) is 0 Å². The highest BCUT2D eigenvalue weighted by molar-refractivity contribution is 5.95. The molecule has 0 aromatic carbocycles. The topological polar surface area (TPSA) is 90.3 Å². The van der Waals surface area contributed by atoms with Crippen LogP contribution in [0, 0.1) is 5.41 Å². The summed E-state index contributed by atoms with van der Waals surface area (Å²) in [5.74, 6) is -1.59. The summed E-state index contributed by atoms with van der Waals surface area (Å²) in [6.07, 6.45) is 2.19. The Labute approximate surface area is 76.0 Å². The van der Waals surface area contributed by atoms with Crippen LogP contribution in [0.1, 0.15) is 13.8 Å². The molecule has 0 radical (unpaired) electrons. The smallest absolute Gasteiger partial charge is 0.325 e. The molecule has 0 saturated heterocycles. The Morgan fingerprint density at radius 1 is 1.54 bits per heavy atom. The summed E-state index contributed by atoms with van der Waals surface area (Å²) >= 11 is 0. The third-order valence-electron chi connectivity index (χ3n) is 1.32. The molecule has 72 valence electrons. The minimum Gasteiger partial charge on any atom is -0.480 e. The van der Waals surface area contributed by atoms with E-state index in [0.717, 1.165) is 6.21 Å². The zero-order valence-electron chi connectivity index (χ0n) is 7.50. The predicted molar refractivity (Wildman–Crippen MR) is 47.8 cm³/mol. The van der Waals surface area contributed by atoms with Gasteiger partial charge in [0, 0.05) is 12.3 Å². The molecule has 13 heavy (non-hydrogen) atoms. The van der Waals surface area contributed by atoms with E-state index in [1.54, 1.807) is 6.92 Å². The number of carbonyl (C=O) groups excluding carboxylic acids is 1. The third kappa shape index (κ3) is 4.73. The van der Waals surface area contributed by atoms with Crippen molar-refractivity contribution in [3.8, 4) is 0 Å². The summed E-state index contributed by atoms with van der Waals surface area (Å²) in [7, 11) is 0. The lowest BCUT2D eigenvalue weighted by Crippen LogP contribution is -2.37. The summed E-state index contributed by atoms with van der Waals surface area (Å²) in [5, 5.41) is 17.4. The molecule has 1 amide bonds. The Bertz CT molecular complexity index is 258. The average Bonchev–Trinajstić information content (AvgIpc) is 2.03. The number of carbonyl (C=O) groups is 2. The summed E-state index contributed by atoms with van der Waals surface area (Å²) in [6.45, 7) is 2.95. The van der Waals surface area contributed by atoms with E-state index in [1.165, 1.54) is 13.0 Å². The quantitative estimate of drug-likeness (QED) is 0.429. The second kappa shape index (κ2) is 5.08. The lowest BCUT2D eigenvalue weighted by atomic mass is 10.3. The van der Waals surface area contributed by atoms with E-state index in [-0.39, 0.29) is 0 Å². The van der Waals surface area contributed by atoms with Crippen molar-refractivity contribution in [2.75, 3.05) is 0 Å². The van der Waals surface area contributed by atoms with Gasteiger partial charge in [0.25, 0.3) is 0 Å². The molecule has 3 N–H and O–H groups in total. The molecule has 0 aliphatic heterocycles. The first-order valence-electron chi connectivity index (χ1n) is 3.69. The number of carboxylic acid groups (broad SMARTS) is 1. The molecule has 0 heterocycles. The highest BCUT2D eigenvalue weighted by atomic mass is 16.4. The van der Waals surface area contributed by atoms with Crippen LogP contribution in [0.25, 0.3) is 0 Å². The first kappa shape index (κ1) is 11.4. The molecular weight excluding hydrogens is 172 g/mol. The number of hydrogen-bond donors (Lipinski definition) is 3. The van der Waals surface area contributed by atoms with Crippen molar-refractivity contribution < 1.29 is 14.7 Å². The van der Waals surface area contributed by atoms with Crippen molar-refractivity contribution >= 4 is 18.1 Å². The second-order valence-electron chi connectivity index (χ2n) is 2.60. The maximum absolute atomic E-state index is 11.0. The van der Waals surface area contributed by atoms with Crippen LogP contribution in [0.5, 0.6) is 0 Å². The van der Waals surface area contributed by atoms with Crippen molar-refractivity contribution in [1.82, 2.24) is 5.32 Å². The molecule has 5 nitrogen and oxygen atoms in total. The van der Waals surface area contributed by atoms with E-state index in [2.05, 4.69) is 5.32 Å². The van der Waals surface area contributed by atoms with Gasteiger partial charge in [-0.25, -0.2) is 0 Å². The van der Waals surface area contributed by atoms with Gasteiger partial charge in [0.2, 0.25) is 5.91 Å². The van der Waals surface area contributed by atoms with Gasteiger partial charge in [-0.05, 0) is 19.4 Å². The maximum atomic E-state index is 11.0. The zero-order valence-corrected chi connectivity index (χ0v) is 7.50. The maximum Gasteiger partial charge on any atom is 0.325 e. The molecule has 1 atom stereocenters. The van der Waals surface area contributed by atoms with Gasteiger partial charge in [-0.1, -0.05) is 0 Å². The fourth-order valence-corrected chi connectivity index (χ4v) is 0.565. The molecule has 0 aromatic rings. The van der Waals surface area contributed by atoms with Gasteiger partial charge in [-0.3, -0.25) is 9.59 Å². The first-order valence-corrected chi connectivity index (χ1v) is 3.69. The molecule has 0 fully saturated rings. The van der Waals surface area contributed by atoms with E-state index >= 15 is 0 Å². The number of rotatable bonds is 4.